The van der Waals surface area contributed by atoms with Crippen molar-refractivity contribution in [1.82, 2.24) is 10.4 Å². The van der Waals surface area contributed by atoms with Crippen molar-refractivity contribution in [3.05, 3.63) is 84.3 Å². The summed E-state index contributed by atoms with van der Waals surface area (Å²) in [5.41, 5.74) is 4.49. The minimum atomic E-state index is -0.412. The maximum atomic E-state index is 12.0. The molecular formula is C24H19N3O4. The maximum Gasteiger partial charge on any atom is 0.277 e. The number of rotatable bonds is 7. The minimum Gasteiger partial charge on any atom is -0.481 e. The number of Topliss-reactive ketones (excluding diaryl/α,β-unsaturated/α-hetero) is 1. The van der Waals surface area contributed by atoms with Crippen molar-refractivity contribution in [1.29, 1.82) is 0 Å². The molecule has 1 amide bonds. The van der Waals surface area contributed by atoms with Gasteiger partial charge in [0.25, 0.3) is 5.91 Å². The molecule has 7 nitrogen and oxygen atoms in total. The molecule has 2 aromatic heterocycles. The fourth-order valence-electron chi connectivity index (χ4n) is 3.00. The lowest BCUT2D eigenvalue weighted by atomic mass is 10.1. The summed E-state index contributed by atoms with van der Waals surface area (Å²) in [6, 6.07) is 20.0. The van der Waals surface area contributed by atoms with E-state index in [0.717, 1.165) is 10.9 Å². The third kappa shape index (κ3) is 4.84. The normalized spacial score (nSPS) is 11.0. The first kappa shape index (κ1) is 20.0. The highest BCUT2D eigenvalue weighted by Gasteiger charge is 2.08. The Morgan fingerprint density at radius 1 is 1.10 bits per heavy atom. The molecule has 4 rings (SSSR count). The van der Waals surface area contributed by atoms with Gasteiger partial charge < -0.3 is 9.15 Å². The largest absolute Gasteiger partial charge is 0.481 e. The summed E-state index contributed by atoms with van der Waals surface area (Å²) >= 11 is 0. The summed E-state index contributed by atoms with van der Waals surface area (Å²) in [6.07, 6.45) is 3.07. The second-order valence-electron chi connectivity index (χ2n) is 6.75. The fourth-order valence-corrected chi connectivity index (χ4v) is 3.00. The molecule has 154 valence electrons. The zero-order chi connectivity index (χ0) is 21.6. The first-order chi connectivity index (χ1) is 15.1. The number of nitrogens with zero attached hydrogens (tertiary/aromatic N) is 2. The first-order valence-electron chi connectivity index (χ1n) is 9.60. The summed E-state index contributed by atoms with van der Waals surface area (Å²) in [5, 5.41) is 4.83. The van der Waals surface area contributed by atoms with Crippen LogP contribution in [0.2, 0.25) is 0 Å². The van der Waals surface area contributed by atoms with Crippen LogP contribution in [0.1, 0.15) is 23.0 Å². The molecular weight excluding hydrogens is 394 g/mol. The quantitative estimate of drug-likeness (QED) is 0.278. The van der Waals surface area contributed by atoms with Crippen LogP contribution in [0, 0.1) is 0 Å². The van der Waals surface area contributed by atoms with E-state index in [1.165, 1.54) is 13.1 Å². The van der Waals surface area contributed by atoms with Gasteiger partial charge in [-0.3, -0.25) is 14.6 Å². The number of hydrogen-bond donors (Lipinski definition) is 1. The molecule has 0 spiro atoms. The molecule has 0 fully saturated rings. The molecule has 0 saturated heterocycles. The molecule has 0 radical (unpaired) electrons. The molecule has 31 heavy (non-hydrogen) atoms. The van der Waals surface area contributed by atoms with E-state index in [-0.39, 0.29) is 12.4 Å². The molecule has 0 aliphatic heterocycles. The van der Waals surface area contributed by atoms with Gasteiger partial charge in [-0.2, -0.15) is 5.10 Å². The molecule has 4 aromatic rings. The number of ketones is 1. The Morgan fingerprint density at radius 2 is 1.94 bits per heavy atom. The number of furan rings is 1. The Labute approximate surface area is 178 Å². The van der Waals surface area contributed by atoms with E-state index in [1.54, 1.807) is 42.6 Å². The Bertz CT molecular complexity index is 1270. The lowest BCUT2D eigenvalue weighted by Gasteiger charge is -2.07. The third-order valence-corrected chi connectivity index (χ3v) is 4.52. The van der Waals surface area contributed by atoms with Crippen LogP contribution in [-0.4, -0.2) is 29.5 Å². The number of hydrazone groups is 1. The van der Waals surface area contributed by atoms with Crippen molar-refractivity contribution < 1.29 is 18.7 Å². The third-order valence-electron chi connectivity index (χ3n) is 4.52. The van der Waals surface area contributed by atoms with Gasteiger partial charge in [0.2, 0.25) is 0 Å². The van der Waals surface area contributed by atoms with Crippen LogP contribution in [0.4, 0.5) is 0 Å². The van der Waals surface area contributed by atoms with Crippen molar-refractivity contribution in [2.24, 2.45) is 5.10 Å². The van der Waals surface area contributed by atoms with Crippen LogP contribution < -0.4 is 10.2 Å². The highest BCUT2D eigenvalue weighted by Crippen LogP contribution is 2.23. The highest BCUT2D eigenvalue weighted by molar-refractivity contribution is 5.95. The monoisotopic (exact) mass is 413 g/mol. The second-order valence-corrected chi connectivity index (χ2v) is 6.75. The molecule has 0 unspecified atom stereocenters. The summed E-state index contributed by atoms with van der Waals surface area (Å²) < 4.78 is 11.3. The molecule has 7 heteroatoms. The van der Waals surface area contributed by atoms with Gasteiger partial charge in [0.1, 0.15) is 22.8 Å². The standard InChI is InChI=1S/C24H19N3O4/c1-16(28)18-6-2-7-19(13-18)21-11-10-20(31-21)14-26-27-23(29)15-30-22-9-3-5-17-8-4-12-25-24(17)22/h2-14H,15H2,1H3,(H,27,29)/b26-14+. The Kier molecular flexibility index (Phi) is 5.84. The van der Waals surface area contributed by atoms with Gasteiger partial charge in [0.15, 0.2) is 12.4 Å². The number of fused-ring (bicyclic) bond motifs is 1. The number of hydrogen-bond acceptors (Lipinski definition) is 6. The zero-order valence-electron chi connectivity index (χ0n) is 16.7. The molecule has 2 heterocycles. The van der Waals surface area contributed by atoms with E-state index in [2.05, 4.69) is 15.5 Å². The highest BCUT2D eigenvalue weighted by atomic mass is 16.5. The number of carbonyl (C=O) groups is 2. The topological polar surface area (TPSA) is 93.8 Å². The summed E-state index contributed by atoms with van der Waals surface area (Å²) in [4.78, 5) is 27.9. The minimum absolute atomic E-state index is 0.0144. The van der Waals surface area contributed by atoms with Crippen LogP contribution in [0.25, 0.3) is 22.2 Å². The van der Waals surface area contributed by atoms with Crippen LogP contribution in [-0.2, 0) is 4.79 Å². The SMILES string of the molecule is CC(=O)c1cccc(-c2ccc(/C=N/NC(=O)COc3cccc4cccnc34)o2)c1. The van der Waals surface area contributed by atoms with Gasteiger partial charge in [-0.05, 0) is 37.3 Å². The second kappa shape index (κ2) is 9.04. The van der Waals surface area contributed by atoms with Crippen molar-refractivity contribution >= 4 is 28.8 Å². The van der Waals surface area contributed by atoms with Crippen LogP contribution >= 0.6 is 0 Å². The number of nitrogens with one attached hydrogen (secondary N) is 1. The summed E-state index contributed by atoms with van der Waals surface area (Å²) in [7, 11) is 0. The van der Waals surface area contributed by atoms with E-state index < -0.39 is 5.91 Å². The number of amides is 1. The van der Waals surface area contributed by atoms with Crippen LogP contribution in [0.5, 0.6) is 5.75 Å². The average Bonchev–Trinajstić information content (AvgIpc) is 3.27. The zero-order valence-corrected chi connectivity index (χ0v) is 16.7. The van der Waals surface area contributed by atoms with Crippen molar-refractivity contribution in [3.8, 4) is 17.1 Å². The van der Waals surface area contributed by atoms with Crippen LogP contribution in [0.3, 0.4) is 0 Å². The number of pyridine rings is 1. The average molecular weight is 413 g/mol. The van der Waals surface area contributed by atoms with E-state index in [0.29, 0.717) is 28.4 Å². The van der Waals surface area contributed by atoms with Gasteiger partial charge in [0, 0.05) is 22.7 Å². The maximum absolute atomic E-state index is 12.0. The molecule has 0 atom stereocenters. The van der Waals surface area contributed by atoms with Gasteiger partial charge in [-0.1, -0.05) is 36.4 Å². The summed E-state index contributed by atoms with van der Waals surface area (Å²) in [6.45, 7) is 1.32. The van der Waals surface area contributed by atoms with Crippen molar-refractivity contribution in [2.45, 2.75) is 6.92 Å². The number of aromatic nitrogens is 1. The molecule has 1 N–H and O–H groups in total. The molecule has 0 saturated carbocycles. The van der Waals surface area contributed by atoms with Crippen LogP contribution in [0.15, 0.2) is 82.4 Å². The number of para-hydroxylation sites is 1. The van der Waals surface area contributed by atoms with Crippen molar-refractivity contribution in [2.75, 3.05) is 6.61 Å². The van der Waals surface area contributed by atoms with Gasteiger partial charge in [-0.25, -0.2) is 5.43 Å². The van der Waals surface area contributed by atoms with E-state index in [4.69, 9.17) is 9.15 Å². The van der Waals surface area contributed by atoms with Gasteiger partial charge in [-0.15, -0.1) is 0 Å². The van der Waals surface area contributed by atoms with Crippen molar-refractivity contribution in [3.63, 3.8) is 0 Å². The Morgan fingerprint density at radius 3 is 2.81 bits per heavy atom. The van der Waals surface area contributed by atoms with E-state index >= 15 is 0 Å². The predicted octanol–water partition coefficient (Wildman–Crippen LogP) is 4.23. The lowest BCUT2D eigenvalue weighted by Crippen LogP contribution is -2.24. The number of carbonyl (C=O) groups excluding carboxylic acids is 2. The molecule has 0 aliphatic carbocycles. The first-order valence-corrected chi connectivity index (χ1v) is 9.60. The molecule has 0 bridgehead atoms. The smallest absolute Gasteiger partial charge is 0.277 e. The predicted molar refractivity (Wildman–Crippen MR) is 117 cm³/mol. The lowest BCUT2D eigenvalue weighted by molar-refractivity contribution is -0.123. The van der Waals surface area contributed by atoms with Gasteiger partial charge in [0.05, 0.1) is 6.21 Å². The van der Waals surface area contributed by atoms with E-state index in [9.17, 15) is 9.59 Å². The molecule has 0 aliphatic rings. The number of benzene rings is 2. The van der Waals surface area contributed by atoms with Gasteiger partial charge >= 0.3 is 0 Å². The summed E-state index contributed by atoms with van der Waals surface area (Å²) in [5.74, 6) is 1.16. The Balaban J connectivity index is 1.34. The molecule has 2 aromatic carbocycles. The number of ether oxygens (including phenoxy) is 1. The fraction of sp³-hybridized carbons (Fsp3) is 0.0833. The van der Waals surface area contributed by atoms with E-state index in [1.807, 2.05) is 30.3 Å². The Hall–Kier alpha value is -4.26.